The van der Waals surface area contributed by atoms with Gasteiger partial charge in [-0.15, -0.1) is 0 Å². The summed E-state index contributed by atoms with van der Waals surface area (Å²) in [6, 6.07) is 14.9. The highest BCUT2D eigenvalue weighted by molar-refractivity contribution is 5.91. The van der Waals surface area contributed by atoms with E-state index in [0.29, 0.717) is 5.75 Å². The van der Waals surface area contributed by atoms with Crippen LogP contribution in [0.25, 0.3) is 0 Å². The number of carbonyl (C=O) groups is 1. The second-order valence-corrected chi connectivity index (χ2v) is 6.39. The molecule has 0 bridgehead atoms. The van der Waals surface area contributed by atoms with Gasteiger partial charge in [-0.25, -0.2) is 4.79 Å². The van der Waals surface area contributed by atoms with Crippen LogP contribution in [0.15, 0.2) is 48.5 Å². The van der Waals surface area contributed by atoms with E-state index in [9.17, 15) is 9.90 Å². The number of amides is 2. The molecule has 0 aliphatic carbocycles. The van der Waals surface area contributed by atoms with Crippen LogP contribution in [0.2, 0.25) is 0 Å². The molecular formula is C20H26N2O3. The fourth-order valence-corrected chi connectivity index (χ4v) is 2.29. The predicted octanol–water partition coefficient (Wildman–Crippen LogP) is 3.66. The molecule has 25 heavy (non-hydrogen) atoms. The number of anilines is 1. The molecule has 2 amide bonds. The Bertz CT molecular complexity index is 681. The van der Waals surface area contributed by atoms with Gasteiger partial charge in [0.05, 0.1) is 0 Å². The van der Waals surface area contributed by atoms with E-state index in [1.807, 2.05) is 57.2 Å². The third-order valence-corrected chi connectivity index (χ3v) is 3.81. The van der Waals surface area contributed by atoms with Gasteiger partial charge in [0.25, 0.3) is 0 Å². The third kappa shape index (κ3) is 5.50. The Kier molecular flexibility index (Phi) is 6.42. The number of aryl methyl sites for hydroxylation is 1. The largest absolute Gasteiger partial charge is 0.491 e. The molecule has 0 saturated carbocycles. The molecule has 5 nitrogen and oxygen atoms in total. The molecule has 0 spiro atoms. The monoisotopic (exact) mass is 342 g/mol. The molecule has 2 aromatic rings. The van der Waals surface area contributed by atoms with Gasteiger partial charge in [0, 0.05) is 18.8 Å². The second kappa shape index (κ2) is 8.53. The van der Waals surface area contributed by atoms with E-state index < -0.39 is 6.10 Å². The highest BCUT2D eigenvalue weighted by Crippen LogP contribution is 2.21. The van der Waals surface area contributed by atoms with E-state index >= 15 is 0 Å². The molecule has 1 atom stereocenters. The molecule has 0 aromatic heterocycles. The molecule has 0 fully saturated rings. The minimum absolute atomic E-state index is 0.0841. The topological polar surface area (TPSA) is 61.8 Å². The lowest BCUT2D eigenvalue weighted by molar-refractivity contribution is 0.108. The van der Waals surface area contributed by atoms with Gasteiger partial charge < -0.3 is 15.2 Å². The Balaban J connectivity index is 1.91. The predicted molar refractivity (Wildman–Crippen MR) is 100 cm³/mol. The van der Waals surface area contributed by atoms with Crippen LogP contribution >= 0.6 is 0 Å². The van der Waals surface area contributed by atoms with Gasteiger partial charge in [-0.2, -0.15) is 0 Å². The van der Waals surface area contributed by atoms with E-state index in [1.54, 1.807) is 24.1 Å². The summed E-state index contributed by atoms with van der Waals surface area (Å²) < 4.78 is 5.64. The summed E-state index contributed by atoms with van der Waals surface area (Å²) in [4.78, 5) is 13.5. The van der Waals surface area contributed by atoms with Gasteiger partial charge in [0.1, 0.15) is 18.5 Å². The van der Waals surface area contributed by atoms with E-state index in [0.717, 1.165) is 16.8 Å². The van der Waals surface area contributed by atoms with Gasteiger partial charge in [-0.1, -0.05) is 29.8 Å². The number of ether oxygens (including phenoxy) is 1. The van der Waals surface area contributed by atoms with Gasteiger partial charge >= 0.3 is 6.03 Å². The van der Waals surface area contributed by atoms with E-state index in [-0.39, 0.29) is 18.7 Å². The van der Waals surface area contributed by atoms with Crippen LogP contribution in [0.5, 0.6) is 5.75 Å². The zero-order chi connectivity index (χ0) is 18.4. The zero-order valence-corrected chi connectivity index (χ0v) is 15.2. The molecule has 0 aliphatic rings. The number of aliphatic hydroxyl groups is 1. The van der Waals surface area contributed by atoms with Crippen molar-refractivity contribution in [3.05, 3.63) is 59.7 Å². The first-order chi connectivity index (χ1) is 11.9. The first kappa shape index (κ1) is 18.8. The Morgan fingerprint density at radius 3 is 2.28 bits per heavy atom. The number of hydrogen-bond acceptors (Lipinski definition) is 3. The minimum Gasteiger partial charge on any atom is -0.491 e. The van der Waals surface area contributed by atoms with Crippen molar-refractivity contribution in [2.75, 3.05) is 18.6 Å². The lowest BCUT2D eigenvalue weighted by Crippen LogP contribution is -2.40. The maximum absolute atomic E-state index is 12.0. The van der Waals surface area contributed by atoms with E-state index in [4.69, 9.17) is 4.74 Å². The summed E-state index contributed by atoms with van der Waals surface area (Å²) in [5.41, 5.74) is 2.75. The second-order valence-electron chi connectivity index (χ2n) is 6.39. The fourth-order valence-electron chi connectivity index (χ4n) is 2.29. The van der Waals surface area contributed by atoms with Gasteiger partial charge in [0.2, 0.25) is 0 Å². The maximum atomic E-state index is 12.0. The number of nitrogens with zero attached hydrogens (tertiary/aromatic N) is 1. The van der Waals surface area contributed by atoms with Gasteiger partial charge in [-0.3, -0.25) is 4.90 Å². The van der Waals surface area contributed by atoms with Crippen LogP contribution in [0.4, 0.5) is 10.5 Å². The van der Waals surface area contributed by atoms with Crippen LogP contribution < -0.4 is 15.0 Å². The molecule has 0 radical (unpaired) electrons. The van der Waals surface area contributed by atoms with Crippen molar-refractivity contribution in [2.24, 2.45) is 0 Å². The number of rotatable bonds is 6. The molecule has 0 saturated heterocycles. The molecule has 1 unspecified atom stereocenters. The zero-order valence-electron chi connectivity index (χ0n) is 15.2. The smallest absolute Gasteiger partial charge is 0.321 e. The Hall–Kier alpha value is -2.53. The summed E-state index contributed by atoms with van der Waals surface area (Å²) in [5.74, 6) is 0.646. The van der Waals surface area contributed by atoms with Crippen LogP contribution in [0, 0.1) is 6.92 Å². The van der Waals surface area contributed by atoms with Crippen molar-refractivity contribution in [3.63, 3.8) is 0 Å². The van der Waals surface area contributed by atoms with Gasteiger partial charge in [-0.05, 0) is 50.6 Å². The third-order valence-electron chi connectivity index (χ3n) is 3.81. The van der Waals surface area contributed by atoms with Crippen LogP contribution in [-0.4, -0.2) is 30.8 Å². The number of carbonyl (C=O) groups excluding carboxylic acids is 1. The molecule has 5 heteroatoms. The SMILES string of the molecule is Cc1ccc(C(O)COc2ccc(N(C)C(=O)NC(C)C)cc2)cc1. The highest BCUT2D eigenvalue weighted by Gasteiger charge is 2.12. The minimum atomic E-state index is -0.681. The number of nitrogens with one attached hydrogen (secondary N) is 1. The summed E-state index contributed by atoms with van der Waals surface area (Å²) in [7, 11) is 1.72. The normalized spacial score (nSPS) is 11.9. The summed E-state index contributed by atoms with van der Waals surface area (Å²) >= 11 is 0. The molecule has 2 aromatic carbocycles. The van der Waals surface area contributed by atoms with Crippen molar-refractivity contribution < 1.29 is 14.6 Å². The number of urea groups is 1. The number of aliphatic hydroxyl groups excluding tert-OH is 1. The Morgan fingerprint density at radius 2 is 1.72 bits per heavy atom. The summed E-state index contributed by atoms with van der Waals surface area (Å²) in [6.07, 6.45) is -0.681. The quantitative estimate of drug-likeness (QED) is 0.842. The summed E-state index contributed by atoms with van der Waals surface area (Å²) in [5, 5.41) is 13.0. The van der Waals surface area contributed by atoms with Crippen molar-refractivity contribution >= 4 is 11.7 Å². The standard InChI is InChI=1S/C20H26N2O3/c1-14(2)21-20(24)22(4)17-9-11-18(12-10-17)25-13-19(23)16-7-5-15(3)6-8-16/h5-12,14,19,23H,13H2,1-4H3,(H,21,24). The van der Waals surface area contributed by atoms with Crippen molar-refractivity contribution in [2.45, 2.75) is 32.9 Å². The van der Waals surface area contributed by atoms with Crippen LogP contribution in [-0.2, 0) is 0 Å². The highest BCUT2D eigenvalue weighted by atomic mass is 16.5. The first-order valence-corrected chi connectivity index (χ1v) is 8.38. The van der Waals surface area contributed by atoms with E-state index in [1.165, 1.54) is 0 Å². The van der Waals surface area contributed by atoms with Crippen molar-refractivity contribution in [1.82, 2.24) is 5.32 Å². The summed E-state index contributed by atoms with van der Waals surface area (Å²) in [6.45, 7) is 6.02. The molecular weight excluding hydrogens is 316 g/mol. The molecule has 2 N–H and O–H groups in total. The number of benzene rings is 2. The number of hydrogen-bond donors (Lipinski definition) is 2. The molecule has 0 aliphatic heterocycles. The molecule has 0 heterocycles. The Labute approximate surface area is 149 Å². The fraction of sp³-hybridized carbons (Fsp3) is 0.350. The van der Waals surface area contributed by atoms with Crippen LogP contribution in [0.1, 0.15) is 31.1 Å². The average molecular weight is 342 g/mol. The van der Waals surface area contributed by atoms with Gasteiger partial charge in [0.15, 0.2) is 0 Å². The lowest BCUT2D eigenvalue weighted by Gasteiger charge is -2.20. The van der Waals surface area contributed by atoms with Crippen molar-refractivity contribution in [1.29, 1.82) is 0 Å². The van der Waals surface area contributed by atoms with Crippen LogP contribution in [0.3, 0.4) is 0 Å². The molecule has 2 rings (SSSR count). The first-order valence-electron chi connectivity index (χ1n) is 8.38. The lowest BCUT2D eigenvalue weighted by atomic mass is 10.1. The molecule has 134 valence electrons. The van der Waals surface area contributed by atoms with E-state index in [2.05, 4.69) is 5.32 Å². The Morgan fingerprint density at radius 1 is 1.12 bits per heavy atom. The maximum Gasteiger partial charge on any atom is 0.321 e. The van der Waals surface area contributed by atoms with Crippen molar-refractivity contribution in [3.8, 4) is 5.75 Å². The average Bonchev–Trinajstić information content (AvgIpc) is 2.59.